The summed E-state index contributed by atoms with van der Waals surface area (Å²) in [5.74, 6) is 2.24. The number of hydrogen-bond donors (Lipinski definition) is 0. The summed E-state index contributed by atoms with van der Waals surface area (Å²) in [6.07, 6.45) is 2.51. The van der Waals surface area contributed by atoms with Crippen LogP contribution >= 0.6 is 11.6 Å². The summed E-state index contributed by atoms with van der Waals surface area (Å²) in [6.45, 7) is 3.81. The second-order valence-electron chi connectivity index (χ2n) is 9.74. The van der Waals surface area contributed by atoms with Gasteiger partial charge in [-0.3, -0.25) is 4.79 Å². The van der Waals surface area contributed by atoms with E-state index in [9.17, 15) is 13.7 Å². The number of benzene rings is 2. The number of carbonyl (C=O) groups is 1. The monoisotopic (exact) mass is 540 g/mol. The Balaban J connectivity index is 1.50. The van der Waals surface area contributed by atoms with Gasteiger partial charge in [0.15, 0.2) is 0 Å². The average Bonchev–Trinajstić information content (AvgIpc) is 3.55. The highest BCUT2D eigenvalue weighted by Crippen LogP contribution is 2.42. The van der Waals surface area contributed by atoms with Crippen molar-refractivity contribution in [2.45, 2.75) is 51.6 Å². The van der Waals surface area contributed by atoms with E-state index in [0.29, 0.717) is 30.0 Å². The summed E-state index contributed by atoms with van der Waals surface area (Å²) in [5.41, 5.74) is 5.07. The number of aryl methyl sites for hydroxylation is 2. The molecule has 4 aromatic rings. The van der Waals surface area contributed by atoms with Gasteiger partial charge in [-0.1, -0.05) is 34.0 Å². The Kier molecular flexibility index (Phi) is 6.25. The Morgan fingerprint density at radius 3 is 2.62 bits per heavy atom. The minimum Gasteiger partial charge on any atom is -0.616 e. The third-order valence-electron chi connectivity index (χ3n) is 7.45. The van der Waals surface area contributed by atoms with Crippen LogP contribution in [-0.4, -0.2) is 36.7 Å². The molecule has 1 amide bonds. The van der Waals surface area contributed by atoms with Crippen LogP contribution in [0.1, 0.15) is 55.0 Å². The third-order valence-corrected chi connectivity index (χ3v) is 9.12. The zero-order valence-electron chi connectivity index (χ0n) is 20.5. The third kappa shape index (κ3) is 4.23. The van der Waals surface area contributed by atoms with E-state index in [1.54, 1.807) is 11.0 Å². The maximum atomic E-state index is 13.9. The first-order valence-corrected chi connectivity index (χ1v) is 14.3. The largest absolute Gasteiger partial charge is 0.616 e. The lowest BCUT2D eigenvalue weighted by Crippen LogP contribution is -2.32. The normalized spacial score (nSPS) is 22.4. The van der Waals surface area contributed by atoms with Crippen molar-refractivity contribution in [1.29, 1.82) is 0 Å². The summed E-state index contributed by atoms with van der Waals surface area (Å²) in [5, 5.41) is 4.07. The van der Waals surface area contributed by atoms with Gasteiger partial charge in [0.2, 0.25) is 5.91 Å². The Morgan fingerprint density at radius 1 is 1.14 bits per heavy atom. The number of halogens is 2. The summed E-state index contributed by atoms with van der Waals surface area (Å²) >= 11 is 5.27. The van der Waals surface area contributed by atoms with Crippen LogP contribution in [0.2, 0.25) is 5.02 Å². The molecule has 0 spiro atoms. The molecule has 2 aromatic heterocycles. The van der Waals surface area contributed by atoms with Crippen molar-refractivity contribution in [3.63, 3.8) is 0 Å². The van der Waals surface area contributed by atoms with Crippen LogP contribution in [0, 0.1) is 19.7 Å². The number of amides is 1. The molecule has 2 aliphatic heterocycles. The first-order chi connectivity index (χ1) is 17.8. The first-order valence-electron chi connectivity index (χ1n) is 12.4. The van der Waals surface area contributed by atoms with Crippen LogP contribution in [0.25, 0.3) is 22.2 Å². The Bertz CT molecular complexity index is 1490. The number of carbonyl (C=O) groups excluding carboxylic acids is 1. The second kappa shape index (κ2) is 9.45. The summed E-state index contributed by atoms with van der Waals surface area (Å²) in [4.78, 5) is 19.9. The molecule has 0 saturated carbocycles. The molecule has 192 valence electrons. The van der Waals surface area contributed by atoms with Crippen molar-refractivity contribution >= 4 is 45.4 Å². The van der Waals surface area contributed by atoms with E-state index < -0.39 is 17.0 Å². The van der Waals surface area contributed by atoms with Crippen LogP contribution in [-0.2, 0) is 16.0 Å². The zero-order valence-corrected chi connectivity index (χ0v) is 22.1. The molecule has 1 atom stereocenters. The van der Waals surface area contributed by atoms with Gasteiger partial charge >= 0.3 is 0 Å². The maximum absolute atomic E-state index is 13.9. The number of nitrogens with zero attached hydrogens (tertiary/aromatic N) is 4. The lowest BCUT2D eigenvalue weighted by atomic mass is 10.0. The van der Waals surface area contributed by atoms with Crippen LogP contribution in [0.4, 0.5) is 10.1 Å². The average molecular weight is 541 g/mol. The zero-order chi connectivity index (χ0) is 25.8. The predicted octanol–water partition coefficient (Wildman–Crippen LogP) is 6.05. The van der Waals surface area contributed by atoms with Gasteiger partial charge in [-0.2, -0.15) is 0 Å². The van der Waals surface area contributed by atoms with E-state index >= 15 is 0 Å². The highest BCUT2D eigenvalue weighted by Gasteiger charge is 2.39. The lowest BCUT2D eigenvalue weighted by Gasteiger charge is -2.30. The quantitative estimate of drug-likeness (QED) is 0.294. The number of imidazole rings is 1. The topological polar surface area (TPSA) is 87.2 Å². The van der Waals surface area contributed by atoms with Crippen LogP contribution in [0.15, 0.2) is 40.9 Å². The molecule has 0 unspecified atom stereocenters. The standard InChI is InChI=1S/C27H26ClFN4O3S/c1-15-26(16(2)36-31-15)17-3-6-23-22(13-17)30-27(33(23)18-9-11-37(35)12-10-18)24-7-8-25(34)32(24)19-4-5-21(29)20(28)14-19/h3-6,13-14,18,24H,7-12H2,1-2H3/t18?,24-,37?/m0/s1. The molecule has 0 aliphatic carbocycles. The highest BCUT2D eigenvalue weighted by molar-refractivity contribution is 7.91. The van der Waals surface area contributed by atoms with Crippen LogP contribution in [0.3, 0.4) is 0 Å². The molecule has 37 heavy (non-hydrogen) atoms. The van der Waals surface area contributed by atoms with Crippen molar-refractivity contribution in [2.24, 2.45) is 0 Å². The smallest absolute Gasteiger partial charge is 0.227 e. The Labute approximate surface area is 221 Å². The lowest BCUT2D eigenvalue weighted by molar-refractivity contribution is -0.117. The number of anilines is 1. The summed E-state index contributed by atoms with van der Waals surface area (Å²) in [7, 11) is 0. The number of fused-ring (bicyclic) bond motifs is 1. The van der Waals surface area contributed by atoms with Crippen molar-refractivity contribution in [1.82, 2.24) is 14.7 Å². The van der Waals surface area contributed by atoms with Crippen molar-refractivity contribution in [3.8, 4) is 11.1 Å². The van der Waals surface area contributed by atoms with E-state index in [1.165, 1.54) is 12.1 Å². The van der Waals surface area contributed by atoms with Gasteiger partial charge < -0.3 is 18.5 Å². The molecule has 0 radical (unpaired) electrons. The van der Waals surface area contributed by atoms with E-state index in [0.717, 1.165) is 52.3 Å². The van der Waals surface area contributed by atoms with E-state index in [-0.39, 0.29) is 23.0 Å². The molecular formula is C27H26ClFN4O3S. The SMILES string of the molecule is Cc1noc(C)c1-c1ccc2c(c1)nc([C@@H]1CCC(=O)N1c1ccc(F)c(Cl)c1)n2C1CC[S+]([O-])CC1. The Morgan fingerprint density at radius 2 is 1.92 bits per heavy atom. The molecule has 6 rings (SSSR count). The Hall–Kier alpha value is -2.88. The molecule has 0 bridgehead atoms. The van der Waals surface area contributed by atoms with Gasteiger partial charge in [0.05, 0.1) is 27.8 Å². The van der Waals surface area contributed by atoms with Crippen LogP contribution in [0.5, 0.6) is 0 Å². The molecule has 10 heteroatoms. The fourth-order valence-electron chi connectivity index (χ4n) is 5.71. The van der Waals surface area contributed by atoms with Gasteiger partial charge in [0, 0.05) is 36.6 Å². The molecule has 4 heterocycles. The van der Waals surface area contributed by atoms with E-state index in [4.69, 9.17) is 21.1 Å². The van der Waals surface area contributed by atoms with Gasteiger partial charge in [-0.05, 0) is 56.2 Å². The molecule has 2 saturated heterocycles. The molecule has 7 nitrogen and oxygen atoms in total. The molecule has 2 fully saturated rings. The van der Waals surface area contributed by atoms with Crippen molar-refractivity contribution < 1.29 is 18.3 Å². The molecule has 2 aliphatic rings. The van der Waals surface area contributed by atoms with E-state index in [2.05, 4.69) is 21.9 Å². The molecular weight excluding hydrogens is 515 g/mol. The molecule has 2 aromatic carbocycles. The molecule has 0 N–H and O–H groups in total. The van der Waals surface area contributed by atoms with Crippen molar-refractivity contribution in [2.75, 3.05) is 16.4 Å². The van der Waals surface area contributed by atoms with Crippen molar-refractivity contribution in [3.05, 3.63) is 64.5 Å². The predicted molar refractivity (Wildman–Crippen MR) is 142 cm³/mol. The van der Waals surface area contributed by atoms with Gasteiger partial charge in [-0.25, -0.2) is 9.37 Å². The minimum atomic E-state index is -0.807. The number of rotatable bonds is 4. The highest BCUT2D eigenvalue weighted by atomic mass is 35.5. The second-order valence-corrected chi connectivity index (χ2v) is 11.8. The summed E-state index contributed by atoms with van der Waals surface area (Å²) < 4.78 is 33.7. The summed E-state index contributed by atoms with van der Waals surface area (Å²) in [6, 6.07) is 10.3. The maximum Gasteiger partial charge on any atom is 0.227 e. The minimum absolute atomic E-state index is 0.0247. The fraction of sp³-hybridized carbons (Fsp3) is 0.370. The first kappa shape index (κ1) is 24.5. The number of hydrogen-bond acceptors (Lipinski definition) is 5. The fourth-order valence-corrected chi connectivity index (χ4v) is 7.16. The van der Waals surface area contributed by atoms with Crippen LogP contribution < -0.4 is 4.90 Å². The van der Waals surface area contributed by atoms with Gasteiger partial charge in [0.25, 0.3) is 0 Å². The van der Waals surface area contributed by atoms with Gasteiger partial charge in [-0.15, -0.1) is 0 Å². The number of aromatic nitrogens is 3. The van der Waals surface area contributed by atoms with E-state index in [1.807, 2.05) is 19.9 Å². The van der Waals surface area contributed by atoms with Gasteiger partial charge in [0.1, 0.15) is 28.9 Å².